The molecule has 0 N–H and O–H groups in total. The molecule has 20 heavy (non-hydrogen) atoms. The van der Waals surface area contributed by atoms with Gasteiger partial charge in [-0.25, -0.2) is 0 Å². The Morgan fingerprint density at radius 2 is 2.20 bits per heavy atom. The molecular formula is C16H23NO2S. The van der Waals surface area contributed by atoms with Crippen molar-refractivity contribution in [2.45, 2.75) is 25.5 Å². The highest BCUT2D eigenvalue weighted by molar-refractivity contribution is 8.00. The van der Waals surface area contributed by atoms with Crippen LogP contribution in [0.5, 0.6) is 5.75 Å². The third-order valence-electron chi connectivity index (χ3n) is 3.53. The van der Waals surface area contributed by atoms with E-state index in [1.165, 1.54) is 6.42 Å². The fourth-order valence-corrected chi connectivity index (χ4v) is 3.69. The highest BCUT2D eigenvalue weighted by Gasteiger charge is 2.22. The van der Waals surface area contributed by atoms with Gasteiger partial charge in [0.25, 0.3) is 0 Å². The summed E-state index contributed by atoms with van der Waals surface area (Å²) in [5.41, 5.74) is 0.709. The van der Waals surface area contributed by atoms with Crippen LogP contribution in [0.2, 0.25) is 0 Å². The summed E-state index contributed by atoms with van der Waals surface area (Å²) in [5.74, 6) is 1.99. The van der Waals surface area contributed by atoms with Crippen molar-refractivity contribution in [3.05, 3.63) is 29.8 Å². The molecule has 1 saturated heterocycles. The van der Waals surface area contributed by atoms with Gasteiger partial charge < -0.3 is 4.74 Å². The molecule has 4 heteroatoms. The molecule has 1 aliphatic heterocycles. The van der Waals surface area contributed by atoms with Gasteiger partial charge >= 0.3 is 0 Å². The number of hydrogen-bond donors (Lipinski definition) is 0. The lowest BCUT2D eigenvalue weighted by Crippen LogP contribution is -2.40. The van der Waals surface area contributed by atoms with Crippen LogP contribution in [0, 0.1) is 0 Å². The number of hydrogen-bond acceptors (Lipinski definition) is 4. The Labute approximate surface area is 125 Å². The van der Waals surface area contributed by atoms with Crippen LogP contribution in [0.1, 0.15) is 30.6 Å². The van der Waals surface area contributed by atoms with Crippen LogP contribution in [-0.2, 0) is 0 Å². The van der Waals surface area contributed by atoms with Gasteiger partial charge in [0, 0.05) is 24.1 Å². The molecule has 1 fully saturated rings. The highest BCUT2D eigenvalue weighted by Crippen LogP contribution is 2.23. The summed E-state index contributed by atoms with van der Waals surface area (Å²) < 4.78 is 5.55. The van der Waals surface area contributed by atoms with E-state index in [1.807, 2.05) is 43.0 Å². The molecule has 1 aromatic carbocycles. The maximum absolute atomic E-state index is 12.5. The minimum absolute atomic E-state index is 0.163. The lowest BCUT2D eigenvalue weighted by Gasteiger charge is -2.31. The van der Waals surface area contributed by atoms with Crippen molar-refractivity contribution in [3.8, 4) is 5.75 Å². The number of rotatable bonds is 6. The van der Waals surface area contributed by atoms with Crippen LogP contribution in [0.4, 0.5) is 0 Å². The standard InChI is InChI=1S/C16H23NO2S/c1-3-13-11-17(9-10-20-13)12-15(18)14-7-5-6-8-16(14)19-4-2/h5-8,13H,3-4,9-12H2,1-2H3. The molecule has 1 heterocycles. The van der Waals surface area contributed by atoms with E-state index >= 15 is 0 Å². The third-order valence-corrected chi connectivity index (χ3v) is 4.90. The van der Waals surface area contributed by atoms with E-state index in [1.54, 1.807) is 0 Å². The summed E-state index contributed by atoms with van der Waals surface area (Å²) >= 11 is 2.02. The number of thioether (sulfide) groups is 1. The summed E-state index contributed by atoms with van der Waals surface area (Å²) in [7, 11) is 0. The zero-order valence-corrected chi connectivity index (χ0v) is 13.1. The Hall–Kier alpha value is -1.00. The molecule has 2 rings (SSSR count). The van der Waals surface area contributed by atoms with E-state index in [4.69, 9.17) is 4.74 Å². The van der Waals surface area contributed by atoms with Crippen molar-refractivity contribution in [1.29, 1.82) is 0 Å². The molecule has 3 nitrogen and oxygen atoms in total. The first-order valence-electron chi connectivity index (χ1n) is 7.33. The van der Waals surface area contributed by atoms with E-state index < -0.39 is 0 Å². The Morgan fingerprint density at radius 3 is 2.95 bits per heavy atom. The minimum atomic E-state index is 0.163. The topological polar surface area (TPSA) is 29.5 Å². The molecule has 1 atom stereocenters. The van der Waals surface area contributed by atoms with Crippen LogP contribution in [0.3, 0.4) is 0 Å². The third kappa shape index (κ3) is 4.00. The fourth-order valence-electron chi connectivity index (χ4n) is 2.44. The first-order chi connectivity index (χ1) is 9.74. The molecular weight excluding hydrogens is 270 g/mol. The quantitative estimate of drug-likeness (QED) is 0.754. The van der Waals surface area contributed by atoms with Crippen molar-refractivity contribution in [1.82, 2.24) is 4.90 Å². The fraction of sp³-hybridized carbons (Fsp3) is 0.562. The van der Waals surface area contributed by atoms with Gasteiger partial charge in [-0.15, -0.1) is 0 Å². The molecule has 1 aliphatic rings. The molecule has 1 unspecified atom stereocenters. The van der Waals surface area contributed by atoms with Gasteiger partial charge in [-0.3, -0.25) is 9.69 Å². The summed E-state index contributed by atoms with van der Waals surface area (Å²) in [6.45, 7) is 7.26. The van der Waals surface area contributed by atoms with Crippen LogP contribution < -0.4 is 4.74 Å². The van der Waals surface area contributed by atoms with E-state index in [2.05, 4.69) is 11.8 Å². The number of carbonyl (C=O) groups is 1. The van der Waals surface area contributed by atoms with E-state index in [-0.39, 0.29) is 5.78 Å². The van der Waals surface area contributed by atoms with Gasteiger partial charge in [-0.1, -0.05) is 19.1 Å². The molecule has 1 aromatic rings. The number of Topliss-reactive ketones (excluding diaryl/α,β-unsaturated/α-hetero) is 1. The van der Waals surface area contributed by atoms with Gasteiger partial charge in [-0.05, 0) is 25.5 Å². The van der Waals surface area contributed by atoms with Gasteiger partial charge in [0.15, 0.2) is 5.78 Å². The minimum Gasteiger partial charge on any atom is -0.493 e. The maximum atomic E-state index is 12.5. The molecule has 0 aromatic heterocycles. The van der Waals surface area contributed by atoms with Gasteiger partial charge in [0.1, 0.15) is 5.75 Å². The summed E-state index contributed by atoms with van der Waals surface area (Å²) in [6.07, 6.45) is 1.17. The van der Waals surface area contributed by atoms with Gasteiger partial charge in [0.2, 0.25) is 0 Å². The molecule has 0 saturated carbocycles. The predicted molar refractivity (Wildman–Crippen MR) is 84.9 cm³/mol. The zero-order valence-electron chi connectivity index (χ0n) is 12.3. The van der Waals surface area contributed by atoms with E-state index in [0.29, 0.717) is 29.7 Å². The number of carbonyl (C=O) groups excluding carboxylic acids is 1. The second kappa shape index (κ2) is 7.70. The number of ether oxygens (including phenoxy) is 1. The smallest absolute Gasteiger partial charge is 0.180 e. The monoisotopic (exact) mass is 293 g/mol. The summed E-state index contributed by atoms with van der Waals surface area (Å²) in [5, 5.41) is 0.665. The number of ketones is 1. The SMILES string of the molecule is CCOc1ccccc1C(=O)CN1CCSC(CC)C1. The number of nitrogens with zero attached hydrogens (tertiary/aromatic N) is 1. The normalized spacial score (nSPS) is 19.8. The zero-order chi connectivity index (χ0) is 14.4. The lowest BCUT2D eigenvalue weighted by molar-refractivity contribution is 0.0929. The summed E-state index contributed by atoms with van der Waals surface area (Å²) in [6, 6.07) is 7.55. The van der Waals surface area contributed by atoms with Crippen molar-refractivity contribution < 1.29 is 9.53 Å². The predicted octanol–water partition coefficient (Wildman–Crippen LogP) is 3.10. The first-order valence-corrected chi connectivity index (χ1v) is 8.38. The molecule has 110 valence electrons. The van der Waals surface area contributed by atoms with Crippen molar-refractivity contribution in [3.63, 3.8) is 0 Å². The Morgan fingerprint density at radius 1 is 1.40 bits per heavy atom. The molecule has 0 bridgehead atoms. The first kappa shape index (κ1) is 15.4. The Bertz CT molecular complexity index is 450. The Kier molecular flexibility index (Phi) is 5.92. The number of para-hydroxylation sites is 1. The van der Waals surface area contributed by atoms with E-state index in [0.717, 1.165) is 18.8 Å². The molecule has 0 spiro atoms. The largest absolute Gasteiger partial charge is 0.493 e. The van der Waals surface area contributed by atoms with Crippen molar-refractivity contribution in [2.24, 2.45) is 0 Å². The van der Waals surface area contributed by atoms with Crippen molar-refractivity contribution >= 4 is 17.5 Å². The second-order valence-electron chi connectivity index (χ2n) is 4.99. The highest BCUT2D eigenvalue weighted by atomic mass is 32.2. The van der Waals surface area contributed by atoms with Crippen LogP contribution in [0.15, 0.2) is 24.3 Å². The summed E-state index contributed by atoms with van der Waals surface area (Å²) in [4.78, 5) is 14.7. The number of benzene rings is 1. The maximum Gasteiger partial charge on any atom is 0.180 e. The van der Waals surface area contributed by atoms with Crippen LogP contribution in [-0.4, -0.2) is 47.9 Å². The lowest BCUT2D eigenvalue weighted by atomic mass is 10.1. The molecule has 0 radical (unpaired) electrons. The van der Waals surface area contributed by atoms with Crippen LogP contribution >= 0.6 is 11.8 Å². The molecule has 0 amide bonds. The van der Waals surface area contributed by atoms with Gasteiger partial charge in [0.05, 0.1) is 18.7 Å². The van der Waals surface area contributed by atoms with Crippen LogP contribution in [0.25, 0.3) is 0 Å². The second-order valence-corrected chi connectivity index (χ2v) is 6.40. The van der Waals surface area contributed by atoms with Crippen molar-refractivity contribution in [2.75, 3.05) is 32.0 Å². The van der Waals surface area contributed by atoms with Gasteiger partial charge in [-0.2, -0.15) is 11.8 Å². The average molecular weight is 293 g/mol. The average Bonchev–Trinajstić information content (AvgIpc) is 2.48. The Balaban J connectivity index is 2.01. The van der Waals surface area contributed by atoms with E-state index in [9.17, 15) is 4.79 Å². The molecule has 0 aliphatic carbocycles.